The summed E-state index contributed by atoms with van der Waals surface area (Å²) in [4.78, 5) is 21.0. The number of rotatable bonds is 13. The molecule has 0 fully saturated rings. The van der Waals surface area contributed by atoms with Gasteiger partial charge in [0.25, 0.3) is 0 Å². The number of carbonyl (C=O) groups excluding carboxylic acids is 2. The Morgan fingerprint density at radius 3 is 1.81 bits per heavy atom. The number of carboxylic acid groups (broad SMARTS) is 2. The number of carboxylic acids is 2. The number of hydrogen-bond donors (Lipinski definition) is 1. The van der Waals surface area contributed by atoms with Crippen LogP contribution in [0, 0.1) is 0 Å². The fraction of sp³-hybridized carbons (Fsp3) is 0.857. The maximum atomic E-state index is 10.6. The third-order valence-electron chi connectivity index (χ3n) is 3.08. The second-order valence-corrected chi connectivity index (χ2v) is 4.88. The van der Waals surface area contributed by atoms with Gasteiger partial charge in [-0.15, -0.1) is 0 Å². The van der Waals surface area contributed by atoms with Crippen molar-refractivity contribution in [3.63, 3.8) is 0 Å². The van der Waals surface area contributed by atoms with Gasteiger partial charge in [0.1, 0.15) is 0 Å². The quantitative estimate of drug-likeness (QED) is 0.264. The molecule has 0 rings (SSSR count). The minimum absolute atomic E-state index is 0. The van der Waals surface area contributed by atoms with E-state index in [2.05, 4.69) is 12.2 Å². The van der Waals surface area contributed by atoms with Gasteiger partial charge in [0, 0.05) is 12.4 Å². The smallest absolute Gasteiger partial charge is 0.550 e. The number of nitrogens with one attached hydrogen (secondary N) is 1. The average Bonchev–Trinajstić information content (AvgIpc) is 2.34. The predicted molar refractivity (Wildman–Crippen MR) is 69.0 cm³/mol. The molecule has 0 radical (unpaired) electrons. The largest absolute Gasteiger partial charge is 1.00 e. The molecule has 0 bridgehead atoms. The van der Waals surface area contributed by atoms with Crippen LogP contribution in [0.15, 0.2) is 0 Å². The molecule has 0 saturated heterocycles. The molecule has 0 aromatic carbocycles. The third kappa shape index (κ3) is 20.1. The van der Waals surface area contributed by atoms with E-state index >= 15 is 0 Å². The molecule has 0 amide bonds. The Kier molecular flexibility index (Phi) is 27.0. The van der Waals surface area contributed by atoms with E-state index < -0.39 is 24.4 Å². The van der Waals surface area contributed by atoms with Gasteiger partial charge >= 0.3 is 103 Å². The third-order valence-corrected chi connectivity index (χ3v) is 3.08. The molecule has 0 heterocycles. The molecule has 0 aliphatic rings. The fourth-order valence-electron chi connectivity index (χ4n) is 1.94. The van der Waals surface area contributed by atoms with Crippen molar-refractivity contribution in [1.82, 2.24) is 5.32 Å². The Labute approximate surface area is 213 Å². The van der Waals surface area contributed by atoms with Crippen LogP contribution >= 0.6 is 0 Å². The van der Waals surface area contributed by atoms with Gasteiger partial charge in [-0.25, -0.2) is 0 Å². The van der Waals surface area contributed by atoms with Crippen LogP contribution in [0.5, 0.6) is 0 Å². The maximum absolute atomic E-state index is 10.6. The predicted octanol–water partition coefficient (Wildman–Crippen LogP) is -6.02. The first-order chi connectivity index (χ1) is 9.07. The summed E-state index contributed by atoms with van der Waals surface area (Å²) in [5, 5.41) is 23.6. The Morgan fingerprint density at radius 2 is 1.38 bits per heavy atom. The molecular formula is C14H25K2NO4. The summed E-state index contributed by atoms with van der Waals surface area (Å²) in [7, 11) is 0. The summed E-state index contributed by atoms with van der Waals surface area (Å²) < 4.78 is 0. The van der Waals surface area contributed by atoms with E-state index in [0.29, 0.717) is 6.54 Å². The van der Waals surface area contributed by atoms with E-state index in [1.165, 1.54) is 32.1 Å². The Hall–Kier alpha value is 2.17. The number of hydrogen-bond acceptors (Lipinski definition) is 5. The summed E-state index contributed by atoms with van der Waals surface area (Å²) in [5.74, 6) is -2.76. The van der Waals surface area contributed by atoms with Crippen LogP contribution < -0.4 is 118 Å². The number of unbranched alkanes of at least 4 members (excludes halogenated alkanes) is 7. The minimum Gasteiger partial charge on any atom is -0.550 e. The number of aliphatic carboxylic acids is 2. The Bertz CT molecular complexity index is 265. The van der Waals surface area contributed by atoms with E-state index in [1.807, 2.05) is 0 Å². The topological polar surface area (TPSA) is 92.3 Å². The standard InChI is InChI=1S/C14H27NO4.2K/c1-2-3-4-5-6-7-8-9-10-15-12(14(18)19)11-13(16)17;;/h12,15H,2-11H2,1H3,(H,16,17)(H,18,19);;/q;2*+1/p-2/t12-;;/m0../s1. The van der Waals surface area contributed by atoms with Crippen molar-refractivity contribution in [3.8, 4) is 0 Å². The van der Waals surface area contributed by atoms with Gasteiger partial charge in [-0.05, 0) is 13.0 Å². The van der Waals surface area contributed by atoms with Crippen LogP contribution in [0.2, 0.25) is 0 Å². The molecule has 0 aliphatic carbocycles. The molecule has 21 heavy (non-hydrogen) atoms. The first-order valence-electron chi connectivity index (χ1n) is 7.22. The molecule has 5 nitrogen and oxygen atoms in total. The second-order valence-electron chi connectivity index (χ2n) is 4.88. The molecule has 1 atom stereocenters. The van der Waals surface area contributed by atoms with Crippen molar-refractivity contribution in [2.45, 2.75) is 70.8 Å². The molecule has 0 saturated carbocycles. The van der Waals surface area contributed by atoms with Gasteiger partial charge in [0.15, 0.2) is 0 Å². The van der Waals surface area contributed by atoms with Crippen LogP contribution in [-0.4, -0.2) is 24.5 Å². The van der Waals surface area contributed by atoms with E-state index in [9.17, 15) is 19.8 Å². The summed E-state index contributed by atoms with van der Waals surface area (Å²) in [5.41, 5.74) is 0. The first-order valence-corrected chi connectivity index (χ1v) is 7.22. The Balaban J connectivity index is -0.00000162. The molecule has 0 aromatic rings. The van der Waals surface area contributed by atoms with Crippen molar-refractivity contribution >= 4 is 11.9 Å². The Morgan fingerprint density at radius 1 is 0.905 bits per heavy atom. The maximum Gasteiger partial charge on any atom is 1.00 e. The number of carbonyl (C=O) groups is 2. The van der Waals surface area contributed by atoms with E-state index in [4.69, 9.17) is 0 Å². The van der Waals surface area contributed by atoms with Crippen molar-refractivity contribution in [2.75, 3.05) is 6.54 Å². The summed E-state index contributed by atoms with van der Waals surface area (Å²) >= 11 is 0. The van der Waals surface area contributed by atoms with Gasteiger partial charge in [-0.3, -0.25) is 0 Å². The average molecular weight is 350 g/mol. The molecule has 7 heteroatoms. The second kappa shape index (κ2) is 20.2. The van der Waals surface area contributed by atoms with E-state index in [0.717, 1.165) is 19.3 Å². The van der Waals surface area contributed by atoms with Crippen LogP contribution in [0.1, 0.15) is 64.7 Å². The van der Waals surface area contributed by atoms with E-state index in [-0.39, 0.29) is 103 Å². The molecule has 0 unspecified atom stereocenters. The normalized spacial score (nSPS) is 11.1. The van der Waals surface area contributed by atoms with Gasteiger partial charge in [-0.1, -0.05) is 51.9 Å². The molecule has 112 valence electrons. The van der Waals surface area contributed by atoms with Crippen molar-refractivity contribution in [3.05, 3.63) is 0 Å². The van der Waals surface area contributed by atoms with Gasteiger partial charge in [0.05, 0.1) is 12.0 Å². The zero-order chi connectivity index (χ0) is 14.5. The van der Waals surface area contributed by atoms with Crippen molar-refractivity contribution in [2.24, 2.45) is 0 Å². The molecular weight excluding hydrogens is 324 g/mol. The monoisotopic (exact) mass is 349 g/mol. The van der Waals surface area contributed by atoms with Gasteiger partial charge < -0.3 is 25.1 Å². The molecule has 0 aliphatic heterocycles. The summed E-state index contributed by atoms with van der Waals surface area (Å²) in [6.07, 6.45) is 8.77. The van der Waals surface area contributed by atoms with E-state index in [1.54, 1.807) is 0 Å². The van der Waals surface area contributed by atoms with Crippen molar-refractivity contribution in [1.29, 1.82) is 0 Å². The van der Waals surface area contributed by atoms with Crippen LogP contribution in [0.3, 0.4) is 0 Å². The van der Waals surface area contributed by atoms with Crippen LogP contribution in [-0.2, 0) is 9.59 Å². The van der Waals surface area contributed by atoms with Crippen LogP contribution in [0.25, 0.3) is 0 Å². The zero-order valence-corrected chi connectivity index (χ0v) is 20.0. The summed E-state index contributed by atoms with van der Waals surface area (Å²) in [6, 6.07) is -1.14. The fourth-order valence-corrected chi connectivity index (χ4v) is 1.94. The molecule has 0 spiro atoms. The molecule has 0 aromatic heterocycles. The van der Waals surface area contributed by atoms with Crippen LogP contribution in [0.4, 0.5) is 0 Å². The summed E-state index contributed by atoms with van der Waals surface area (Å²) in [6.45, 7) is 2.69. The van der Waals surface area contributed by atoms with Gasteiger partial charge in [0.2, 0.25) is 0 Å². The SMILES string of the molecule is CCCCCCCCCCN[C@@H](CC(=O)[O-])C(=O)[O-].[K+].[K+]. The van der Waals surface area contributed by atoms with Gasteiger partial charge in [-0.2, -0.15) is 0 Å². The molecule has 1 N–H and O–H groups in total. The minimum atomic E-state index is -1.39. The zero-order valence-electron chi connectivity index (χ0n) is 13.8. The van der Waals surface area contributed by atoms with Crippen molar-refractivity contribution < 1.29 is 123 Å². The first kappa shape index (κ1) is 28.0.